The fourth-order valence-corrected chi connectivity index (χ4v) is 4.79. The molecule has 5 rings (SSSR count). The molecule has 0 aromatic heterocycles. The van der Waals surface area contributed by atoms with Crippen LogP contribution in [0.1, 0.15) is 67.6 Å². The molecule has 3 aromatic carbocycles. The predicted molar refractivity (Wildman–Crippen MR) is 131 cm³/mol. The average Bonchev–Trinajstić information content (AvgIpc) is 3.25. The number of rotatable bonds is 5. The minimum Gasteiger partial charge on any atom is -0.494 e. The number of nitrogens with zero attached hydrogens (tertiary/aromatic N) is 2. The van der Waals surface area contributed by atoms with E-state index in [0.29, 0.717) is 12.5 Å². The Kier molecular flexibility index (Phi) is 5.68. The van der Waals surface area contributed by atoms with Crippen molar-refractivity contribution < 1.29 is 9.47 Å². The second-order valence-corrected chi connectivity index (χ2v) is 9.49. The van der Waals surface area contributed by atoms with E-state index < -0.39 is 0 Å². The first-order valence-electron chi connectivity index (χ1n) is 11.2. The van der Waals surface area contributed by atoms with Crippen LogP contribution in [-0.2, 0) is 0 Å². The lowest BCUT2D eigenvalue weighted by Gasteiger charge is -2.38. The van der Waals surface area contributed by atoms with Crippen LogP contribution in [0, 0.1) is 0 Å². The van der Waals surface area contributed by atoms with Crippen LogP contribution in [-0.4, -0.2) is 17.3 Å². The van der Waals surface area contributed by atoms with E-state index in [1.54, 1.807) is 0 Å². The number of hydrogen-bond donors (Lipinski definition) is 0. The van der Waals surface area contributed by atoms with E-state index >= 15 is 0 Å². The molecule has 0 spiro atoms. The van der Waals surface area contributed by atoms with Gasteiger partial charge in [0, 0.05) is 22.0 Å². The molecule has 0 N–H and O–H groups in total. The van der Waals surface area contributed by atoms with Crippen LogP contribution in [0.3, 0.4) is 0 Å². The molecule has 2 aliphatic heterocycles. The molecule has 4 nitrogen and oxygen atoms in total. The van der Waals surface area contributed by atoms with Crippen molar-refractivity contribution in [1.29, 1.82) is 0 Å². The summed E-state index contributed by atoms with van der Waals surface area (Å²) < 4.78 is 13.2. The molecule has 0 radical (unpaired) electrons. The van der Waals surface area contributed by atoms with E-state index in [1.807, 2.05) is 25.1 Å². The highest BCUT2D eigenvalue weighted by Gasteiger charge is 2.41. The van der Waals surface area contributed by atoms with Crippen molar-refractivity contribution >= 4 is 21.6 Å². The highest BCUT2D eigenvalue weighted by Crippen LogP contribution is 2.48. The van der Waals surface area contributed by atoms with E-state index in [2.05, 4.69) is 83.3 Å². The molecule has 0 fully saturated rings. The Balaban J connectivity index is 1.52. The van der Waals surface area contributed by atoms with Gasteiger partial charge in [-0.2, -0.15) is 5.10 Å². The fourth-order valence-electron chi connectivity index (χ4n) is 4.41. The maximum absolute atomic E-state index is 6.50. The average molecular weight is 491 g/mol. The highest BCUT2D eigenvalue weighted by molar-refractivity contribution is 9.10. The lowest BCUT2D eigenvalue weighted by atomic mass is 9.95. The second-order valence-electron chi connectivity index (χ2n) is 8.58. The smallest absolute Gasteiger partial charge is 0.213 e. The number of hydrazone groups is 1. The van der Waals surface area contributed by atoms with E-state index in [9.17, 15) is 0 Å². The van der Waals surface area contributed by atoms with E-state index in [4.69, 9.17) is 14.6 Å². The third-order valence-electron chi connectivity index (χ3n) is 6.14. The Hall–Kier alpha value is -2.79. The van der Waals surface area contributed by atoms with Crippen molar-refractivity contribution in [3.8, 4) is 11.5 Å². The van der Waals surface area contributed by atoms with Crippen LogP contribution < -0.4 is 9.47 Å². The summed E-state index contributed by atoms with van der Waals surface area (Å²) in [7, 11) is 0. The van der Waals surface area contributed by atoms with E-state index in [0.717, 1.165) is 39.2 Å². The molecular weight excluding hydrogens is 464 g/mol. The molecule has 0 aliphatic carbocycles. The van der Waals surface area contributed by atoms with Gasteiger partial charge in [0.15, 0.2) is 0 Å². The van der Waals surface area contributed by atoms with Crippen LogP contribution in [0.2, 0.25) is 0 Å². The molecular formula is C27H27BrN2O2. The quantitative estimate of drug-likeness (QED) is 0.378. The Bertz CT molecular complexity index is 1140. The standard InChI is InChI=1S/C27H27BrN2O2/c1-4-31-22-12-9-19(10-13-22)24-16-25-23-15-21(28)11-14-26(23)32-27(30(25)29-24)20-7-5-18(6-8-20)17(2)3/h5-15,17,25,27H,4,16H2,1-3H3. The summed E-state index contributed by atoms with van der Waals surface area (Å²) >= 11 is 3.63. The SMILES string of the molecule is CCOc1ccc(C2=NN3C(C2)c2cc(Br)ccc2OC3c2ccc(C(C)C)cc2)cc1. The van der Waals surface area contributed by atoms with Gasteiger partial charge in [0.25, 0.3) is 0 Å². The molecule has 0 saturated heterocycles. The Morgan fingerprint density at radius 3 is 2.50 bits per heavy atom. The number of halogens is 1. The lowest BCUT2D eigenvalue weighted by molar-refractivity contribution is -0.0190. The van der Waals surface area contributed by atoms with Crippen molar-refractivity contribution in [2.45, 2.75) is 45.4 Å². The highest BCUT2D eigenvalue weighted by atomic mass is 79.9. The second kappa shape index (κ2) is 8.62. The zero-order chi connectivity index (χ0) is 22.2. The van der Waals surface area contributed by atoms with Gasteiger partial charge in [-0.25, -0.2) is 5.01 Å². The van der Waals surface area contributed by atoms with Crippen LogP contribution in [0.25, 0.3) is 0 Å². The lowest BCUT2D eigenvalue weighted by Crippen LogP contribution is -2.33. The van der Waals surface area contributed by atoms with Crippen LogP contribution in [0.5, 0.6) is 11.5 Å². The molecule has 2 atom stereocenters. The topological polar surface area (TPSA) is 34.1 Å². The monoisotopic (exact) mass is 490 g/mol. The zero-order valence-electron chi connectivity index (χ0n) is 18.6. The van der Waals surface area contributed by atoms with Gasteiger partial charge < -0.3 is 9.47 Å². The molecule has 0 amide bonds. The third kappa shape index (κ3) is 3.90. The maximum Gasteiger partial charge on any atom is 0.213 e. The summed E-state index contributed by atoms with van der Waals surface area (Å²) in [5.74, 6) is 2.31. The van der Waals surface area contributed by atoms with Gasteiger partial charge in [-0.3, -0.25) is 0 Å². The molecule has 2 unspecified atom stereocenters. The van der Waals surface area contributed by atoms with Crippen molar-refractivity contribution in [3.05, 3.63) is 93.5 Å². The first-order chi connectivity index (χ1) is 15.5. The van der Waals surface area contributed by atoms with Gasteiger partial charge >= 0.3 is 0 Å². The number of fused-ring (bicyclic) bond motifs is 3. The van der Waals surface area contributed by atoms with Crippen molar-refractivity contribution in [3.63, 3.8) is 0 Å². The van der Waals surface area contributed by atoms with E-state index in [-0.39, 0.29) is 12.3 Å². The molecule has 2 aliphatic rings. The summed E-state index contributed by atoms with van der Waals surface area (Å²) in [4.78, 5) is 0. The molecule has 2 heterocycles. The Morgan fingerprint density at radius 2 is 1.81 bits per heavy atom. The molecule has 5 heteroatoms. The van der Waals surface area contributed by atoms with Crippen molar-refractivity contribution in [2.75, 3.05) is 6.61 Å². The van der Waals surface area contributed by atoms with Gasteiger partial charge in [-0.1, -0.05) is 54.0 Å². The Morgan fingerprint density at radius 1 is 1.06 bits per heavy atom. The van der Waals surface area contributed by atoms with Gasteiger partial charge in [0.1, 0.15) is 11.5 Å². The molecule has 32 heavy (non-hydrogen) atoms. The van der Waals surface area contributed by atoms with E-state index in [1.165, 1.54) is 11.1 Å². The van der Waals surface area contributed by atoms with Gasteiger partial charge in [0.2, 0.25) is 6.23 Å². The molecule has 3 aromatic rings. The van der Waals surface area contributed by atoms with Crippen LogP contribution >= 0.6 is 15.9 Å². The van der Waals surface area contributed by atoms with Crippen molar-refractivity contribution in [1.82, 2.24) is 5.01 Å². The Labute approximate surface area is 198 Å². The third-order valence-corrected chi connectivity index (χ3v) is 6.63. The van der Waals surface area contributed by atoms with Crippen LogP contribution in [0.4, 0.5) is 0 Å². The summed E-state index contributed by atoms with van der Waals surface area (Å²) in [6, 6.07) is 23.3. The fraction of sp³-hybridized carbons (Fsp3) is 0.296. The normalized spacial score (nSPS) is 19.3. The number of hydrogen-bond acceptors (Lipinski definition) is 4. The summed E-state index contributed by atoms with van der Waals surface area (Å²) in [6.45, 7) is 7.08. The number of benzene rings is 3. The van der Waals surface area contributed by atoms with Gasteiger partial charge in [-0.15, -0.1) is 0 Å². The summed E-state index contributed by atoms with van der Waals surface area (Å²) in [6.07, 6.45) is 0.580. The maximum atomic E-state index is 6.50. The first-order valence-corrected chi connectivity index (χ1v) is 12.0. The van der Waals surface area contributed by atoms with Gasteiger partial charge in [0.05, 0.1) is 18.4 Å². The molecule has 164 valence electrons. The van der Waals surface area contributed by atoms with Crippen molar-refractivity contribution in [2.24, 2.45) is 5.10 Å². The van der Waals surface area contributed by atoms with Gasteiger partial charge in [-0.05, 0) is 66.4 Å². The zero-order valence-corrected chi connectivity index (χ0v) is 20.2. The van der Waals surface area contributed by atoms with Crippen LogP contribution in [0.15, 0.2) is 76.3 Å². The minimum atomic E-state index is -0.255. The summed E-state index contributed by atoms with van der Waals surface area (Å²) in [5, 5.41) is 7.20. The minimum absolute atomic E-state index is 0.132. The first kappa shape index (κ1) is 21.1. The predicted octanol–water partition coefficient (Wildman–Crippen LogP) is 7.21. The summed E-state index contributed by atoms with van der Waals surface area (Å²) in [5.41, 5.74) is 5.79. The number of ether oxygens (including phenoxy) is 2. The largest absolute Gasteiger partial charge is 0.494 e. The molecule has 0 saturated carbocycles. The molecule has 0 bridgehead atoms.